The molecule has 0 aromatic carbocycles. The minimum Gasteiger partial charge on any atom is -0.392 e. The SMILES string of the molecule is CCC(O)CNC1CC1CC. The third kappa shape index (κ3) is 2.80. The highest BCUT2D eigenvalue weighted by atomic mass is 16.3. The first kappa shape index (κ1) is 9.01. The van der Waals surface area contributed by atoms with Crippen LogP contribution >= 0.6 is 0 Å². The van der Waals surface area contributed by atoms with E-state index in [9.17, 15) is 5.11 Å². The fraction of sp³-hybridized carbons (Fsp3) is 1.00. The highest BCUT2D eigenvalue weighted by molar-refractivity contribution is 4.92. The summed E-state index contributed by atoms with van der Waals surface area (Å²) in [5.74, 6) is 0.888. The fourth-order valence-corrected chi connectivity index (χ4v) is 1.38. The Kier molecular flexibility index (Phi) is 3.34. The van der Waals surface area contributed by atoms with E-state index in [4.69, 9.17) is 0 Å². The van der Waals surface area contributed by atoms with E-state index in [-0.39, 0.29) is 6.10 Å². The molecular weight excluding hydrogens is 138 g/mol. The molecule has 0 bridgehead atoms. The molecule has 0 heterocycles. The van der Waals surface area contributed by atoms with Crippen LogP contribution in [0, 0.1) is 5.92 Å². The van der Waals surface area contributed by atoms with Crippen molar-refractivity contribution in [2.75, 3.05) is 6.54 Å². The predicted molar refractivity (Wildman–Crippen MR) is 46.5 cm³/mol. The minimum absolute atomic E-state index is 0.145. The molecule has 3 unspecified atom stereocenters. The number of rotatable bonds is 5. The molecule has 2 N–H and O–H groups in total. The van der Waals surface area contributed by atoms with Crippen LogP contribution in [0.2, 0.25) is 0 Å². The Morgan fingerprint density at radius 3 is 2.73 bits per heavy atom. The first-order valence-corrected chi connectivity index (χ1v) is 4.69. The van der Waals surface area contributed by atoms with Gasteiger partial charge in [0.1, 0.15) is 0 Å². The van der Waals surface area contributed by atoms with Gasteiger partial charge >= 0.3 is 0 Å². The van der Waals surface area contributed by atoms with Gasteiger partial charge in [0.05, 0.1) is 6.10 Å². The monoisotopic (exact) mass is 157 g/mol. The molecule has 3 atom stereocenters. The number of nitrogens with one attached hydrogen (secondary N) is 1. The van der Waals surface area contributed by atoms with Gasteiger partial charge in [-0.15, -0.1) is 0 Å². The molecule has 1 fully saturated rings. The molecule has 11 heavy (non-hydrogen) atoms. The van der Waals surface area contributed by atoms with Gasteiger partial charge in [-0.05, 0) is 18.8 Å². The number of aliphatic hydroxyl groups is 1. The van der Waals surface area contributed by atoms with Gasteiger partial charge in [0, 0.05) is 12.6 Å². The van der Waals surface area contributed by atoms with Gasteiger partial charge in [0.25, 0.3) is 0 Å². The van der Waals surface area contributed by atoms with Crippen molar-refractivity contribution in [3.05, 3.63) is 0 Å². The van der Waals surface area contributed by atoms with E-state index in [0.29, 0.717) is 6.04 Å². The molecule has 1 aliphatic carbocycles. The van der Waals surface area contributed by atoms with Crippen LogP contribution in [0.3, 0.4) is 0 Å². The second-order valence-electron chi connectivity index (χ2n) is 3.48. The van der Waals surface area contributed by atoms with Gasteiger partial charge in [0.15, 0.2) is 0 Å². The fourth-order valence-electron chi connectivity index (χ4n) is 1.38. The normalized spacial score (nSPS) is 31.9. The third-order valence-corrected chi connectivity index (χ3v) is 2.53. The van der Waals surface area contributed by atoms with E-state index in [1.165, 1.54) is 12.8 Å². The Labute approximate surface area is 69.0 Å². The average Bonchev–Trinajstić information content (AvgIpc) is 2.78. The summed E-state index contributed by atoms with van der Waals surface area (Å²) in [4.78, 5) is 0. The lowest BCUT2D eigenvalue weighted by molar-refractivity contribution is 0.166. The molecule has 66 valence electrons. The van der Waals surface area contributed by atoms with Gasteiger partial charge in [-0.2, -0.15) is 0 Å². The van der Waals surface area contributed by atoms with Crippen LogP contribution in [0.25, 0.3) is 0 Å². The van der Waals surface area contributed by atoms with Crippen molar-refractivity contribution in [1.82, 2.24) is 5.32 Å². The zero-order valence-corrected chi connectivity index (χ0v) is 7.51. The number of hydrogen-bond donors (Lipinski definition) is 2. The molecule has 0 amide bonds. The summed E-state index contributed by atoms with van der Waals surface area (Å²) in [5.41, 5.74) is 0. The van der Waals surface area contributed by atoms with Gasteiger partial charge in [-0.1, -0.05) is 20.3 Å². The molecule has 1 rings (SSSR count). The summed E-state index contributed by atoms with van der Waals surface area (Å²) in [6.45, 7) is 5.01. The van der Waals surface area contributed by atoms with E-state index < -0.39 is 0 Å². The van der Waals surface area contributed by atoms with E-state index >= 15 is 0 Å². The van der Waals surface area contributed by atoms with Crippen LogP contribution in [-0.2, 0) is 0 Å². The van der Waals surface area contributed by atoms with E-state index in [1.807, 2.05) is 6.92 Å². The summed E-state index contributed by atoms with van der Waals surface area (Å²) >= 11 is 0. The minimum atomic E-state index is -0.145. The molecule has 2 heteroatoms. The maximum Gasteiger partial charge on any atom is 0.0662 e. The largest absolute Gasteiger partial charge is 0.392 e. The zero-order chi connectivity index (χ0) is 8.27. The quantitative estimate of drug-likeness (QED) is 0.627. The topological polar surface area (TPSA) is 32.3 Å². The average molecular weight is 157 g/mol. The zero-order valence-electron chi connectivity index (χ0n) is 7.51. The summed E-state index contributed by atoms with van der Waals surface area (Å²) < 4.78 is 0. The Morgan fingerprint density at radius 2 is 2.27 bits per heavy atom. The molecule has 1 aliphatic rings. The lowest BCUT2D eigenvalue weighted by Gasteiger charge is -2.08. The molecule has 2 nitrogen and oxygen atoms in total. The molecule has 0 spiro atoms. The van der Waals surface area contributed by atoms with Crippen molar-refractivity contribution in [3.8, 4) is 0 Å². The van der Waals surface area contributed by atoms with Crippen molar-refractivity contribution >= 4 is 0 Å². The first-order chi connectivity index (χ1) is 5.27. The highest BCUT2D eigenvalue weighted by Gasteiger charge is 2.34. The van der Waals surface area contributed by atoms with Gasteiger partial charge < -0.3 is 10.4 Å². The molecule has 0 saturated heterocycles. The summed E-state index contributed by atoms with van der Waals surface area (Å²) in [6, 6.07) is 0.709. The molecule has 0 aliphatic heterocycles. The standard InChI is InChI=1S/C9H19NO/c1-3-7-5-9(7)10-6-8(11)4-2/h7-11H,3-6H2,1-2H3. The molecule has 0 aromatic heterocycles. The van der Waals surface area contributed by atoms with Crippen molar-refractivity contribution in [2.24, 2.45) is 5.92 Å². The number of hydrogen-bond acceptors (Lipinski definition) is 2. The summed E-state index contributed by atoms with van der Waals surface area (Å²) in [5, 5.41) is 12.6. The van der Waals surface area contributed by atoms with Crippen LogP contribution in [-0.4, -0.2) is 23.8 Å². The van der Waals surface area contributed by atoms with Crippen LogP contribution < -0.4 is 5.32 Å². The summed E-state index contributed by atoms with van der Waals surface area (Å²) in [7, 11) is 0. The second kappa shape index (κ2) is 4.07. The highest BCUT2D eigenvalue weighted by Crippen LogP contribution is 2.32. The molecular formula is C9H19NO. The van der Waals surface area contributed by atoms with Crippen LogP contribution in [0.1, 0.15) is 33.1 Å². The van der Waals surface area contributed by atoms with Crippen LogP contribution in [0.5, 0.6) is 0 Å². The Hall–Kier alpha value is -0.0800. The molecule has 0 aromatic rings. The van der Waals surface area contributed by atoms with Gasteiger partial charge in [0.2, 0.25) is 0 Å². The van der Waals surface area contributed by atoms with Gasteiger partial charge in [-0.25, -0.2) is 0 Å². The molecule has 1 saturated carbocycles. The van der Waals surface area contributed by atoms with E-state index in [0.717, 1.165) is 18.9 Å². The Bertz CT molecular complexity index is 116. The molecule has 0 radical (unpaired) electrons. The van der Waals surface area contributed by atoms with Crippen molar-refractivity contribution in [3.63, 3.8) is 0 Å². The van der Waals surface area contributed by atoms with E-state index in [1.54, 1.807) is 0 Å². The predicted octanol–water partition coefficient (Wildman–Crippen LogP) is 1.15. The lowest BCUT2D eigenvalue weighted by Crippen LogP contribution is -2.28. The maximum atomic E-state index is 9.23. The second-order valence-corrected chi connectivity index (χ2v) is 3.48. The Balaban J connectivity index is 1.97. The van der Waals surface area contributed by atoms with Crippen LogP contribution in [0.4, 0.5) is 0 Å². The van der Waals surface area contributed by atoms with Crippen molar-refractivity contribution in [2.45, 2.75) is 45.3 Å². The van der Waals surface area contributed by atoms with Crippen molar-refractivity contribution in [1.29, 1.82) is 0 Å². The number of aliphatic hydroxyl groups excluding tert-OH is 1. The first-order valence-electron chi connectivity index (χ1n) is 4.69. The maximum absolute atomic E-state index is 9.23. The smallest absolute Gasteiger partial charge is 0.0662 e. The lowest BCUT2D eigenvalue weighted by atomic mass is 10.2. The Morgan fingerprint density at radius 1 is 1.55 bits per heavy atom. The van der Waals surface area contributed by atoms with Crippen LogP contribution in [0.15, 0.2) is 0 Å². The summed E-state index contributed by atoms with van der Waals surface area (Å²) in [6.07, 6.45) is 3.30. The third-order valence-electron chi connectivity index (χ3n) is 2.53. The van der Waals surface area contributed by atoms with Crippen molar-refractivity contribution < 1.29 is 5.11 Å². The van der Waals surface area contributed by atoms with Gasteiger partial charge in [-0.3, -0.25) is 0 Å². The van der Waals surface area contributed by atoms with E-state index in [2.05, 4.69) is 12.2 Å².